The van der Waals surface area contributed by atoms with Crippen molar-refractivity contribution in [3.63, 3.8) is 0 Å². The zero-order valence-corrected chi connectivity index (χ0v) is 10.4. The van der Waals surface area contributed by atoms with E-state index in [-0.39, 0.29) is 11.7 Å². The molecule has 0 amide bonds. The molecule has 88 valence electrons. The Hall–Kier alpha value is -1.81. The highest BCUT2D eigenvalue weighted by atomic mass is 32.1. The molecule has 1 aromatic heterocycles. The van der Waals surface area contributed by atoms with Gasteiger partial charge in [0.2, 0.25) is 0 Å². The Morgan fingerprint density at radius 1 is 1.29 bits per heavy atom. The highest BCUT2D eigenvalue weighted by molar-refractivity contribution is 7.12. The predicted octanol–water partition coefficient (Wildman–Crippen LogP) is 3.22. The van der Waals surface area contributed by atoms with Crippen molar-refractivity contribution in [2.24, 2.45) is 0 Å². The lowest BCUT2D eigenvalue weighted by molar-refractivity contribution is 0.0606. The lowest BCUT2D eigenvalue weighted by Crippen LogP contribution is -1.96. The molecule has 0 bridgehead atoms. The van der Waals surface area contributed by atoms with Crippen LogP contribution in [-0.4, -0.2) is 18.2 Å². The fourth-order valence-corrected chi connectivity index (χ4v) is 2.36. The van der Waals surface area contributed by atoms with Gasteiger partial charge in [-0.3, -0.25) is 0 Å². The summed E-state index contributed by atoms with van der Waals surface area (Å²) in [5, 5.41) is 11.4. The maximum absolute atomic E-state index is 11.3. The Morgan fingerprint density at radius 3 is 2.71 bits per heavy atom. The van der Waals surface area contributed by atoms with Gasteiger partial charge >= 0.3 is 5.97 Å². The first kappa shape index (κ1) is 11.7. The van der Waals surface area contributed by atoms with Gasteiger partial charge in [-0.25, -0.2) is 4.79 Å². The summed E-state index contributed by atoms with van der Waals surface area (Å²) in [7, 11) is 1.37. The average molecular weight is 248 g/mol. The zero-order chi connectivity index (χ0) is 12.4. The average Bonchev–Trinajstić information content (AvgIpc) is 2.81. The number of ether oxygens (including phenoxy) is 1. The minimum atomic E-state index is -0.322. The molecule has 0 fully saturated rings. The molecule has 0 unspecified atom stereocenters. The number of aryl methyl sites for hydroxylation is 1. The summed E-state index contributed by atoms with van der Waals surface area (Å²) in [5.74, 6) is -0.0473. The molecule has 0 spiro atoms. The molecule has 0 radical (unpaired) electrons. The molecule has 1 N–H and O–H groups in total. The molecule has 2 rings (SSSR count). The van der Waals surface area contributed by atoms with Crippen LogP contribution in [0.25, 0.3) is 11.1 Å². The van der Waals surface area contributed by atoms with Crippen molar-refractivity contribution in [1.82, 2.24) is 0 Å². The van der Waals surface area contributed by atoms with Gasteiger partial charge in [0.1, 0.15) is 10.6 Å². The van der Waals surface area contributed by atoms with Crippen molar-refractivity contribution < 1.29 is 14.6 Å². The molecule has 1 aromatic carbocycles. The number of rotatable bonds is 2. The highest BCUT2D eigenvalue weighted by Gasteiger charge is 2.10. The monoisotopic (exact) mass is 248 g/mol. The van der Waals surface area contributed by atoms with Crippen molar-refractivity contribution in [2.75, 3.05) is 7.11 Å². The van der Waals surface area contributed by atoms with E-state index in [4.69, 9.17) is 0 Å². The van der Waals surface area contributed by atoms with Crippen LogP contribution in [-0.2, 0) is 4.74 Å². The maximum atomic E-state index is 11.3. The van der Waals surface area contributed by atoms with Crippen molar-refractivity contribution >= 4 is 17.3 Å². The molecule has 0 aliphatic heterocycles. The number of hydrogen-bond acceptors (Lipinski definition) is 4. The molecule has 4 heteroatoms. The second-order valence-corrected chi connectivity index (χ2v) is 4.60. The fourth-order valence-electron chi connectivity index (χ4n) is 1.53. The molecule has 0 saturated carbocycles. The Kier molecular flexibility index (Phi) is 3.15. The van der Waals surface area contributed by atoms with Crippen LogP contribution < -0.4 is 0 Å². The summed E-state index contributed by atoms with van der Waals surface area (Å²) in [6, 6.07) is 7.16. The molecule has 2 aromatic rings. The van der Waals surface area contributed by atoms with Crippen LogP contribution in [0.4, 0.5) is 0 Å². The quantitative estimate of drug-likeness (QED) is 0.830. The third-order valence-corrected chi connectivity index (χ3v) is 3.43. The second-order valence-electron chi connectivity index (χ2n) is 3.69. The number of phenols is 1. The van der Waals surface area contributed by atoms with Gasteiger partial charge in [0, 0.05) is 0 Å². The number of phenolic OH excluding ortho intramolecular Hbond substituents is 1. The Bertz CT molecular complexity index is 558. The fraction of sp³-hybridized carbons (Fsp3) is 0.154. The largest absolute Gasteiger partial charge is 0.508 e. The van der Waals surface area contributed by atoms with Crippen LogP contribution >= 0.6 is 11.3 Å². The van der Waals surface area contributed by atoms with Gasteiger partial charge in [0.15, 0.2) is 0 Å². The number of carbonyl (C=O) groups excluding carboxylic acids is 1. The number of carbonyl (C=O) groups is 1. The van der Waals surface area contributed by atoms with Gasteiger partial charge in [-0.05, 0) is 47.2 Å². The number of hydrogen-bond donors (Lipinski definition) is 1. The minimum absolute atomic E-state index is 0.275. The van der Waals surface area contributed by atoms with Crippen LogP contribution in [0.15, 0.2) is 29.6 Å². The number of methoxy groups -OCH3 is 1. The topological polar surface area (TPSA) is 46.5 Å². The van der Waals surface area contributed by atoms with E-state index in [1.54, 1.807) is 12.1 Å². The van der Waals surface area contributed by atoms with E-state index < -0.39 is 0 Å². The van der Waals surface area contributed by atoms with Crippen molar-refractivity contribution in [3.05, 3.63) is 40.1 Å². The third-order valence-electron chi connectivity index (χ3n) is 2.52. The molecule has 0 atom stereocenters. The molecule has 0 saturated heterocycles. The SMILES string of the molecule is COC(=O)c1cc(-c2ccc(O)c(C)c2)cs1. The summed E-state index contributed by atoms with van der Waals surface area (Å²) in [5.41, 5.74) is 2.75. The van der Waals surface area contributed by atoms with E-state index >= 15 is 0 Å². The number of benzene rings is 1. The Labute approximate surface area is 103 Å². The number of esters is 1. The normalized spacial score (nSPS) is 10.2. The van der Waals surface area contributed by atoms with E-state index in [0.717, 1.165) is 16.7 Å². The lowest BCUT2D eigenvalue weighted by atomic mass is 10.1. The summed E-state index contributed by atoms with van der Waals surface area (Å²) in [6.07, 6.45) is 0. The van der Waals surface area contributed by atoms with Crippen molar-refractivity contribution in [1.29, 1.82) is 0 Å². The first-order valence-corrected chi connectivity index (χ1v) is 5.96. The van der Waals surface area contributed by atoms with Crippen LogP contribution in [0.5, 0.6) is 5.75 Å². The van der Waals surface area contributed by atoms with Crippen molar-refractivity contribution in [3.8, 4) is 16.9 Å². The Morgan fingerprint density at radius 2 is 2.06 bits per heavy atom. The van der Waals surface area contributed by atoms with Gasteiger partial charge in [-0.15, -0.1) is 11.3 Å². The smallest absolute Gasteiger partial charge is 0.348 e. The van der Waals surface area contributed by atoms with E-state index in [1.807, 2.05) is 24.4 Å². The molecule has 0 aliphatic rings. The van der Waals surface area contributed by atoms with Crippen LogP contribution in [0, 0.1) is 6.92 Å². The maximum Gasteiger partial charge on any atom is 0.348 e. The van der Waals surface area contributed by atoms with E-state index in [2.05, 4.69) is 4.74 Å². The van der Waals surface area contributed by atoms with Gasteiger partial charge in [0.25, 0.3) is 0 Å². The first-order chi connectivity index (χ1) is 8.11. The second kappa shape index (κ2) is 4.59. The standard InChI is InChI=1S/C13H12O3S/c1-8-5-9(3-4-11(8)14)10-6-12(17-7-10)13(15)16-2/h3-7,14H,1-2H3. The molecule has 17 heavy (non-hydrogen) atoms. The Balaban J connectivity index is 2.37. The van der Waals surface area contributed by atoms with Gasteiger partial charge in [-0.1, -0.05) is 6.07 Å². The van der Waals surface area contributed by atoms with Crippen LogP contribution in [0.3, 0.4) is 0 Å². The predicted molar refractivity (Wildman–Crippen MR) is 67.5 cm³/mol. The molecular weight excluding hydrogens is 236 g/mol. The highest BCUT2D eigenvalue weighted by Crippen LogP contribution is 2.29. The lowest BCUT2D eigenvalue weighted by Gasteiger charge is -2.01. The minimum Gasteiger partial charge on any atom is -0.508 e. The molecule has 3 nitrogen and oxygen atoms in total. The molecule has 0 aliphatic carbocycles. The summed E-state index contributed by atoms with van der Waals surface area (Å²) in [6.45, 7) is 1.84. The van der Waals surface area contributed by atoms with E-state index in [0.29, 0.717) is 4.88 Å². The van der Waals surface area contributed by atoms with Crippen LogP contribution in [0.1, 0.15) is 15.2 Å². The van der Waals surface area contributed by atoms with Crippen molar-refractivity contribution in [2.45, 2.75) is 6.92 Å². The molecule has 1 heterocycles. The van der Waals surface area contributed by atoms with Gasteiger partial charge < -0.3 is 9.84 Å². The van der Waals surface area contributed by atoms with Gasteiger partial charge in [-0.2, -0.15) is 0 Å². The van der Waals surface area contributed by atoms with Crippen LogP contribution in [0.2, 0.25) is 0 Å². The number of thiophene rings is 1. The summed E-state index contributed by atoms with van der Waals surface area (Å²) < 4.78 is 4.66. The van der Waals surface area contributed by atoms with E-state index in [1.165, 1.54) is 18.4 Å². The third kappa shape index (κ3) is 2.31. The summed E-state index contributed by atoms with van der Waals surface area (Å²) in [4.78, 5) is 11.9. The molecular formula is C13H12O3S. The van der Waals surface area contributed by atoms with E-state index in [9.17, 15) is 9.90 Å². The summed E-state index contributed by atoms with van der Waals surface area (Å²) >= 11 is 1.35. The number of aromatic hydroxyl groups is 1. The first-order valence-electron chi connectivity index (χ1n) is 5.08. The van der Waals surface area contributed by atoms with Gasteiger partial charge in [0.05, 0.1) is 7.11 Å². The zero-order valence-electron chi connectivity index (χ0n) is 9.56.